The van der Waals surface area contributed by atoms with Gasteiger partial charge in [-0.15, -0.1) is 0 Å². The lowest BCUT2D eigenvalue weighted by Gasteiger charge is -2.29. The maximum absolute atomic E-state index is 12.0. The first-order valence-corrected chi connectivity index (χ1v) is 7.30. The van der Waals surface area contributed by atoms with Crippen molar-refractivity contribution >= 4 is 11.6 Å². The Hall–Kier alpha value is -1.52. The van der Waals surface area contributed by atoms with Gasteiger partial charge in [0.2, 0.25) is 0 Å². The van der Waals surface area contributed by atoms with Crippen LogP contribution in [0.4, 0.5) is 0 Å². The molecule has 2 aromatic rings. The number of aromatic amines is 2. The SMILES string of the molecule is O=c1[nH][nH]c2c1[C@H](c1ccc(Cl)cc1)O[C@H](C1CC1)C2. The van der Waals surface area contributed by atoms with Crippen molar-refractivity contribution in [2.75, 3.05) is 0 Å². The Bertz CT molecular complexity index is 685. The Morgan fingerprint density at radius 2 is 1.90 bits per heavy atom. The first-order valence-electron chi connectivity index (χ1n) is 6.92. The molecule has 0 radical (unpaired) electrons. The minimum Gasteiger partial charge on any atom is -0.365 e. The molecule has 5 heteroatoms. The molecule has 1 aromatic carbocycles. The molecule has 0 unspecified atom stereocenters. The zero-order valence-corrected chi connectivity index (χ0v) is 11.6. The summed E-state index contributed by atoms with van der Waals surface area (Å²) >= 11 is 5.94. The standard InChI is InChI=1S/C15H15ClN2O2/c16-10-5-3-9(4-6-10)14-13-11(17-18-15(13)19)7-12(20-14)8-1-2-8/h3-6,8,12,14H,1-2,7H2,(H2,17,18,19)/t12-,14-/m0/s1. The predicted octanol–water partition coefficient (Wildman–Crippen LogP) is 2.80. The largest absolute Gasteiger partial charge is 0.365 e. The molecular formula is C15H15ClN2O2. The van der Waals surface area contributed by atoms with E-state index in [2.05, 4.69) is 10.2 Å². The molecule has 4 rings (SSSR count). The maximum Gasteiger partial charge on any atom is 0.270 e. The topological polar surface area (TPSA) is 57.9 Å². The minimum absolute atomic E-state index is 0.0887. The lowest BCUT2D eigenvalue weighted by atomic mass is 9.94. The van der Waals surface area contributed by atoms with Gasteiger partial charge in [-0.25, -0.2) is 0 Å². The number of nitrogens with one attached hydrogen (secondary N) is 2. The zero-order chi connectivity index (χ0) is 13.7. The van der Waals surface area contributed by atoms with Gasteiger partial charge in [-0.05, 0) is 36.5 Å². The second-order valence-electron chi connectivity index (χ2n) is 5.62. The molecule has 0 spiro atoms. The van der Waals surface area contributed by atoms with Crippen LogP contribution in [0, 0.1) is 5.92 Å². The van der Waals surface area contributed by atoms with Gasteiger partial charge >= 0.3 is 0 Å². The average molecular weight is 291 g/mol. The van der Waals surface area contributed by atoms with Gasteiger partial charge in [-0.1, -0.05) is 23.7 Å². The molecule has 20 heavy (non-hydrogen) atoms. The number of fused-ring (bicyclic) bond motifs is 1. The average Bonchev–Trinajstić information content (AvgIpc) is 3.24. The summed E-state index contributed by atoms with van der Waals surface area (Å²) in [6.07, 6.45) is 3.15. The maximum atomic E-state index is 12.0. The summed E-state index contributed by atoms with van der Waals surface area (Å²) in [5.74, 6) is 0.636. The number of hydrogen-bond donors (Lipinski definition) is 2. The zero-order valence-electron chi connectivity index (χ0n) is 10.9. The molecule has 0 saturated heterocycles. The van der Waals surface area contributed by atoms with E-state index in [0.29, 0.717) is 16.5 Å². The van der Waals surface area contributed by atoms with E-state index >= 15 is 0 Å². The number of rotatable bonds is 2. The summed E-state index contributed by atoms with van der Waals surface area (Å²) in [7, 11) is 0. The smallest absolute Gasteiger partial charge is 0.270 e. The van der Waals surface area contributed by atoms with Crippen LogP contribution in [0.2, 0.25) is 5.02 Å². The Morgan fingerprint density at radius 1 is 1.15 bits per heavy atom. The molecule has 4 nitrogen and oxygen atoms in total. The molecule has 2 aliphatic rings. The van der Waals surface area contributed by atoms with Crippen LogP contribution >= 0.6 is 11.6 Å². The van der Waals surface area contributed by atoms with Gasteiger partial charge in [0.05, 0.1) is 11.7 Å². The summed E-state index contributed by atoms with van der Waals surface area (Å²) in [6.45, 7) is 0. The van der Waals surface area contributed by atoms with E-state index < -0.39 is 0 Å². The Morgan fingerprint density at radius 3 is 2.60 bits per heavy atom. The van der Waals surface area contributed by atoms with Crippen LogP contribution < -0.4 is 5.56 Å². The van der Waals surface area contributed by atoms with Crippen LogP contribution in [-0.2, 0) is 11.2 Å². The third-order valence-corrected chi connectivity index (χ3v) is 4.45. The van der Waals surface area contributed by atoms with Gasteiger partial charge in [0, 0.05) is 17.1 Å². The summed E-state index contributed by atoms with van der Waals surface area (Å²) in [5.41, 5.74) is 2.59. The quantitative estimate of drug-likeness (QED) is 0.893. The van der Waals surface area contributed by atoms with Crippen molar-refractivity contribution in [2.24, 2.45) is 5.92 Å². The molecule has 1 saturated carbocycles. The normalized spacial score (nSPS) is 25.4. The Balaban J connectivity index is 1.78. The highest BCUT2D eigenvalue weighted by Gasteiger charge is 2.40. The van der Waals surface area contributed by atoms with E-state index in [4.69, 9.17) is 16.3 Å². The monoisotopic (exact) mass is 290 g/mol. The van der Waals surface area contributed by atoms with Crippen molar-refractivity contribution in [3.63, 3.8) is 0 Å². The van der Waals surface area contributed by atoms with Gasteiger partial charge in [-0.2, -0.15) is 0 Å². The molecular weight excluding hydrogens is 276 g/mol. The minimum atomic E-state index is -0.295. The summed E-state index contributed by atoms with van der Waals surface area (Å²) in [4.78, 5) is 12.0. The molecule has 2 N–H and O–H groups in total. The van der Waals surface area contributed by atoms with Crippen molar-refractivity contribution in [3.05, 3.63) is 56.5 Å². The molecule has 2 heterocycles. The molecule has 0 amide bonds. The van der Waals surface area contributed by atoms with Crippen LogP contribution in [0.3, 0.4) is 0 Å². The van der Waals surface area contributed by atoms with E-state index in [9.17, 15) is 4.79 Å². The van der Waals surface area contributed by atoms with Crippen molar-refractivity contribution < 1.29 is 4.74 Å². The van der Waals surface area contributed by atoms with Crippen LogP contribution in [0.15, 0.2) is 29.1 Å². The van der Waals surface area contributed by atoms with E-state index in [0.717, 1.165) is 17.7 Å². The van der Waals surface area contributed by atoms with Crippen LogP contribution in [0.1, 0.15) is 35.8 Å². The number of hydrogen-bond acceptors (Lipinski definition) is 2. The van der Waals surface area contributed by atoms with Gasteiger partial charge in [-0.3, -0.25) is 9.89 Å². The van der Waals surface area contributed by atoms with Gasteiger partial charge in [0.25, 0.3) is 5.56 Å². The first-order chi connectivity index (χ1) is 9.72. The lowest BCUT2D eigenvalue weighted by molar-refractivity contribution is -0.0172. The van der Waals surface area contributed by atoms with Crippen LogP contribution in [-0.4, -0.2) is 16.3 Å². The van der Waals surface area contributed by atoms with E-state index in [-0.39, 0.29) is 17.8 Å². The lowest BCUT2D eigenvalue weighted by Crippen LogP contribution is -2.30. The molecule has 2 atom stereocenters. The van der Waals surface area contributed by atoms with Crippen molar-refractivity contribution in [2.45, 2.75) is 31.5 Å². The van der Waals surface area contributed by atoms with Crippen LogP contribution in [0.5, 0.6) is 0 Å². The van der Waals surface area contributed by atoms with Gasteiger partial charge in [0.1, 0.15) is 6.10 Å². The third kappa shape index (κ3) is 2.00. The first kappa shape index (κ1) is 12.2. The molecule has 1 aliphatic carbocycles. The number of benzene rings is 1. The van der Waals surface area contributed by atoms with Gasteiger partial charge in [0.15, 0.2) is 0 Å². The Labute approximate surface area is 121 Å². The van der Waals surface area contributed by atoms with Crippen molar-refractivity contribution in [1.82, 2.24) is 10.2 Å². The van der Waals surface area contributed by atoms with Gasteiger partial charge < -0.3 is 9.84 Å². The molecule has 0 bridgehead atoms. The molecule has 104 valence electrons. The van der Waals surface area contributed by atoms with E-state index in [1.54, 1.807) is 0 Å². The Kier molecular flexibility index (Phi) is 2.75. The fourth-order valence-electron chi connectivity index (χ4n) is 2.96. The molecule has 1 aromatic heterocycles. The summed E-state index contributed by atoms with van der Waals surface area (Å²) < 4.78 is 6.22. The second kappa shape index (κ2) is 4.50. The van der Waals surface area contributed by atoms with Crippen LogP contribution in [0.25, 0.3) is 0 Å². The molecule has 1 fully saturated rings. The predicted molar refractivity (Wildman–Crippen MR) is 76.0 cm³/mol. The van der Waals surface area contributed by atoms with E-state index in [1.165, 1.54) is 12.8 Å². The highest BCUT2D eigenvalue weighted by atomic mass is 35.5. The third-order valence-electron chi connectivity index (χ3n) is 4.20. The molecule has 1 aliphatic heterocycles. The fraction of sp³-hybridized carbons (Fsp3) is 0.400. The highest BCUT2D eigenvalue weighted by Crippen LogP contribution is 2.42. The number of H-pyrrole nitrogens is 2. The highest BCUT2D eigenvalue weighted by molar-refractivity contribution is 6.30. The fourth-order valence-corrected chi connectivity index (χ4v) is 3.09. The summed E-state index contributed by atoms with van der Waals surface area (Å²) in [5, 5.41) is 6.38. The number of halogens is 1. The van der Waals surface area contributed by atoms with Crippen molar-refractivity contribution in [3.8, 4) is 0 Å². The van der Waals surface area contributed by atoms with Crippen molar-refractivity contribution in [1.29, 1.82) is 0 Å². The number of aromatic nitrogens is 2. The second-order valence-corrected chi connectivity index (χ2v) is 6.06. The summed E-state index contributed by atoms with van der Waals surface area (Å²) in [6, 6.07) is 7.53. The number of ether oxygens (including phenoxy) is 1. The van der Waals surface area contributed by atoms with E-state index in [1.807, 2.05) is 24.3 Å².